The van der Waals surface area contributed by atoms with Crippen LogP contribution in [-0.2, 0) is 11.3 Å². The molecule has 1 N–H and O–H groups in total. The number of likely N-dealkylation sites (tertiary alicyclic amines) is 2. The highest BCUT2D eigenvalue weighted by molar-refractivity contribution is 5.77. The summed E-state index contributed by atoms with van der Waals surface area (Å²) in [6, 6.07) is 0.377. The molecule has 7 heteroatoms. The van der Waals surface area contributed by atoms with Gasteiger partial charge >= 0.3 is 0 Å². The smallest absolute Gasteiger partial charge is 0.222 e. The first-order chi connectivity index (χ1) is 11.5. The quantitative estimate of drug-likeness (QED) is 0.871. The molecule has 0 saturated carbocycles. The van der Waals surface area contributed by atoms with Gasteiger partial charge in [-0.15, -0.1) is 10.2 Å². The average molecular weight is 335 g/mol. The Hall–Kier alpha value is -1.47. The zero-order valence-corrected chi connectivity index (χ0v) is 14.8. The molecule has 7 nitrogen and oxygen atoms in total. The van der Waals surface area contributed by atoms with E-state index in [1.807, 2.05) is 11.2 Å². The monoisotopic (exact) mass is 335 g/mol. The summed E-state index contributed by atoms with van der Waals surface area (Å²) >= 11 is 0. The SMILES string of the molecule is CC(C)n1cnnc1CN1CCC2(CCC(=O)N(CCO)C2)CC1. The lowest BCUT2D eigenvalue weighted by molar-refractivity contribution is -0.139. The minimum absolute atomic E-state index is 0.0544. The van der Waals surface area contributed by atoms with Gasteiger partial charge in [0.2, 0.25) is 5.91 Å². The van der Waals surface area contributed by atoms with Crippen LogP contribution in [-0.4, -0.2) is 68.4 Å². The number of amides is 1. The lowest BCUT2D eigenvalue weighted by Crippen LogP contribution is -2.52. The van der Waals surface area contributed by atoms with Gasteiger partial charge in [0.15, 0.2) is 0 Å². The highest BCUT2D eigenvalue weighted by Crippen LogP contribution is 2.40. The van der Waals surface area contributed by atoms with Crippen LogP contribution in [0.3, 0.4) is 0 Å². The summed E-state index contributed by atoms with van der Waals surface area (Å²) < 4.78 is 2.13. The van der Waals surface area contributed by atoms with E-state index < -0.39 is 0 Å². The van der Waals surface area contributed by atoms with Crippen molar-refractivity contribution >= 4 is 5.91 Å². The first-order valence-corrected chi connectivity index (χ1v) is 9.02. The molecule has 1 spiro atoms. The molecule has 1 amide bonds. The van der Waals surface area contributed by atoms with Crippen LogP contribution in [0.2, 0.25) is 0 Å². The second-order valence-corrected chi connectivity index (χ2v) is 7.56. The Morgan fingerprint density at radius 1 is 1.29 bits per heavy atom. The number of aliphatic hydroxyl groups excluding tert-OH is 1. The van der Waals surface area contributed by atoms with Gasteiger partial charge in [-0.1, -0.05) is 0 Å². The number of nitrogens with zero attached hydrogens (tertiary/aromatic N) is 5. The molecule has 1 aromatic heterocycles. The van der Waals surface area contributed by atoms with Gasteiger partial charge in [0, 0.05) is 25.6 Å². The summed E-state index contributed by atoms with van der Waals surface area (Å²) in [5.74, 6) is 1.23. The van der Waals surface area contributed by atoms with Crippen molar-refractivity contribution in [3.63, 3.8) is 0 Å². The molecule has 2 saturated heterocycles. The lowest BCUT2D eigenvalue weighted by Gasteiger charge is -2.47. The molecule has 0 unspecified atom stereocenters. The molecule has 0 radical (unpaired) electrons. The van der Waals surface area contributed by atoms with Gasteiger partial charge in [-0.3, -0.25) is 9.69 Å². The first-order valence-electron chi connectivity index (χ1n) is 9.02. The summed E-state index contributed by atoms with van der Waals surface area (Å²) in [6.07, 6.45) is 5.65. The molecule has 3 rings (SSSR count). The largest absolute Gasteiger partial charge is 0.395 e. The van der Waals surface area contributed by atoms with Crippen LogP contribution in [0.4, 0.5) is 0 Å². The lowest BCUT2D eigenvalue weighted by atomic mass is 9.72. The van der Waals surface area contributed by atoms with Crippen molar-refractivity contribution in [1.82, 2.24) is 24.6 Å². The Kier molecular flexibility index (Phi) is 5.20. The topological polar surface area (TPSA) is 74.5 Å². The number of aromatic nitrogens is 3. The third-order valence-corrected chi connectivity index (χ3v) is 5.60. The molecule has 2 aliphatic heterocycles. The van der Waals surface area contributed by atoms with Gasteiger partial charge in [0.1, 0.15) is 12.2 Å². The number of rotatable bonds is 5. The summed E-state index contributed by atoms with van der Waals surface area (Å²) in [5.41, 5.74) is 0.241. The van der Waals surface area contributed by atoms with Crippen LogP contribution < -0.4 is 0 Å². The zero-order valence-electron chi connectivity index (χ0n) is 14.8. The second kappa shape index (κ2) is 7.19. The van der Waals surface area contributed by atoms with Gasteiger partial charge in [0.25, 0.3) is 0 Å². The molecule has 2 fully saturated rings. The first kappa shape index (κ1) is 17.4. The van der Waals surface area contributed by atoms with Gasteiger partial charge in [-0.25, -0.2) is 0 Å². The van der Waals surface area contributed by atoms with Crippen LogP contribution in [0.25, 0.3) is 0 Å². The molecule has 0 aromatic carbocycles. The maximum absolute atomic E-state index is 12.0. The van der Waals surface area contributed by atoms with Crippen molar-refractivity contribution in [2.75, 3.05) is 32.8 Å². The molecule has 0 atom stereocenters. The number of carbonyl (C=O) groups is 1. The molecular formula is C17H29N5O2. The molecule has 1 aromatic rings. The van der Waals surface area contributed by atoms with Crippen molar-refractivity contribution in [2.24, 2.45) is 5.41 Å². The zero-order chi connectivity index (χ0) is 17.2. The molecule has 2 aliphatic rings. The van der Waals surface area contributed by atoms with Gasteiger partial charge in [-0.05, 0) is 51.6 Å². The molecule has 3 heterocycles. The van der Waals surface area contributed by atoms with E-state index in [4.69, 9.17) is 5.11 Å². The van der Waals surface area contributed by atoms with Crippen molar-refractivity contribution in [2.45, 2.75) is 52.1 Å². The maximum atomic E-state index is 12.0. The van der Waals surface area contributed by atoms with E-state index >= 15 is 0 Å². The van der Waals surface area contributed by atoms with Crippen LogP contribution in [0.15, 0.2) is 6.33 Å². The predicted octanol–water partition coefficient (Wildman–Crippen LogP) is 1.06. The molecule has 24 heavy (non-hydrogen) atoms. The Balaban J connectivity index is 1.57. The van der Waals surface area contributed by atoms with Gasteiger partial charge < -0.3 is 14.6 Å². The summed E-state index contributed by atoms with van der Waals surface area (Å²) in [7, 11) is 0. The van der Waals surface area contributed by atoms with E-state index in [9.17, 15) is 4.79 Å². The Labute approximate surface area is 143 Å². The van der Waals surface area contributed by atoms with Crippen LogP contribution >= 0.6 is 0 Å². The van der Waals surface area contributed by atoms with E-state index in [-0.39, 0.29) is 17.9 Å². The van der Waals surface area contributed by atoms with Crippen LogP contribution in [0.5, 0.6) is 0 Å². The predicted molar refractivity (Wildman–Crippen MR) is 90.3 cm³/mol. The maximum Gasteiger partial charge on any atom is 0.222 e. The Morgan fingerprint density at radius 2 is 2.04 bits per heavy atom. The molecule has 0 aliphatic carbocycles. The van der Waals surface area contributed by atoms with Crippen molar-refractivity contribution < 1.29 is 9.90 Å². The number of carbonyl (C=O) groups excluding carboxylic acids is 1. The van der Waals surface area contributed by atoms with Gasteiger partial charge in [-0.2, -0.15) is 0 Å². The van der Waals surface area contributed by atoms with Crippen molar-refractivity contribution in [1.29, 1.82) is 0 Å². The third kappa shape index (κ3) is 3.62. The fraction of sp³-hybridized carbons (Fsp3) is 0.824. The number of β-amino-alcohol motifs (C(OH)–C–C–N with tert-alkyl or cyclic N) is 1. The minimum Gasteiger partial charge on any atom is -0.395 e. The van der Waals surface area contributed by atoms with Crippen LogP contribution in [0, 0.1) is 5.41 Å². The minimum atomic E-state index is 0.0544. The summed E-state index contributed by atoms with van der Waals surface area (Å²) in [6.45, 7) is 8.54. The number of hydrogen-bond donors (Lipinski definition) is 1. The van der Waals surface area contributed by atoms with Crippen molar-refractivity contribution in [3.05, 3.63) is 12.2 Å². The third-order valence-electron chi connectivity index (χ3n) is 5.60. The number of aliphatic hydroxyl groups is 1. The molecule has 0 bridgehead atoms. The summed E-state index contributed by atoms with van der Waals surface area (Å²) in [4.78, 5) is 16.3. The van der Waals surface area contributed by atoms with E-state index in [0.717, 1.165) is 51.3 Å². The molecular weight excluding hydrogens is 306 g/mol. The highest BCUT2D eigenvalue weighted by Gasteiger charge is 2.40. The standard InChI is InChI=1S/C17H29N5O2/c1-14(2)22-13-18-19-15(22)11-20-7-5-17(6-8-20)4-3-16(24)21(12-17)9-10-23/h13-14,23H,3-12H2,1-2H3. The Bertz CT molecular complexity index is 563. The Morgan fingerprint density at radius 3 is 2.71 bits per heavy atom. The number of piperidine rings is 2. The normalized spacial score (nSPS) is 21.8. The van der Waals surface area contributed by atoms with Crippen molar-refractivity contribution in [3.8, 4) is 0 Å². The van der Waals surface area contributed by atoms with Gasteiger partial charge in [0.05, 0.1) is 13.2 Å². The fourth-order valence-electron chi connectivity index (χ4n) is 4.03. The van der Waals surface area contributed by atoms with E-state index in [1.165, 1.54) is 0 Å². The average Bonchev–Trinajstić information content (AvgIpc) is 3.02. The van der Waals surface area contributed by atoms with Crippen LogP contribution in [0.1, 0.15) is 51.4 Å². The number of hydrogen-bond acceptors (Lipinski definition) is 5. The molecule has 134 valence electrons. The highest BCUT2D eigenvalue weighted by atomic mass is 16.3. The fourth-order valence-corrected chi connectivity index (χ4v) is 4.03. The summed E-state index contributed by atoms with van der Waals surface area (Å²) in [5, 5.41) is 17.5. The van der Waals surface area contributed by atoms with E-state index in [2.05, 4.69) is 33.5 Å². The van der Waals surface area contributed by atoms with E-state index in [1.54, 1.807) is 0 Å². The second-order valence-electron chi connectivity index (χ2n) is 7.56. The van der Waals surface area contributed by atoms with E-state index in [0.29, 0.717) is 19.0 Å².